The lowest BCUT2D eigenvalue weighted by atomic mass is 10.2. The summed E-state index contributed by atoms with van der Waals surface area (Å²) in [5, 5.41) is 10.8. The first-order valence-corrected chi connectivity index (χ1v) is 7.05. The van der Waals surface area contributed by atoms with Gasteiger partial charge in [-0.1, -0.05) is 23.4 Å². The minimum Gasteiger partial charge on any atom is -0.510 e. The van der Waals surface area contributed by atoms with Gasteiger partial charge in [0.15, 0.2) is 0 Å². The minimum atomic E-state index is -0.544. The van der Waals surface area contributed by atoms with Crippen molar-refractivity contribution in [3.8, 4) is 0 Å². The van der Waals surface area contributed by atoms with E-state index >= 15 is 0 Å². The topological polar surface area (TPSA) is 58.9 Å². The predicted octanol–water partition coefficient (Wildman–Crippen LogP) is 3.49. The van der Waals surface area contributed by atoms with Gasteiger partial charge in [0.25, 0.3) is 0 Å². The third-order valence-electron chi connectivity index (χ3n) is 2.38. The van der Waals surface area contributed by atoms with Gasteiger partial charge in [-0.25, -0.2) is 9.79 Å². The van der Waals surface area contributed by atoms with Crippen LogP contribution in [0.5, 0.6) is 0 Å². The van der Waals surface area contributed by atoms with Gasteiger partial charge in [-0.05, 0) is 31.2 Å². The Morgan fingerprint density at radius 2 is 2.16 bits per heavy atom. The number of aliphatic imine (C=N–C) groups is 1. The number of carbonyl (C=O) groups is 1. The smallest absolute Gasteiger partial charge is 0.344 e. The number of carbonyl (C=O) groups excluding carboxylic acids is 1. The molecule has 0 atom stereocenters. The number of nitrogens with zero attached hydrogens (tertiary/aromatic N) is 1. The van der Waals surface area contributed by atoms with E-state index in [4.69, 9.17) is 16.3 Å². The molecule has 4 nitrogen and oxygen atoms in total. The maximum Gasteiger partial charge on any atom is 0.344 e. The van der Waals surface area contributed by atoms with Crippen molar-refractivity contribution in [2.45, 2.75) is 6.92 Å². The molecule has 2 rings (SSSR count). The summed E-state index contributed by atoms with van der Waals surface area (Å²) < 4.78 is 4.91. The van der Waals surface area contributed by atoms with Crippen molar-refractivity contribution in [2.24, 2.45) is 4.99 Å². The molecule has 1 heterocycles. The molecule has 0 spiro atoms. The van der Waals surface area contributed by atoms with Gasteiger partial charge in [-0.2, -0.15) is 0 Å². The molecular weight excluding hydrogens is 286 g/mol. The Kier molecular flexibility index (Phi) is 4.50. The molecule has 1 aromatic carbocycles. The molecule has 0 bridgehead atoms. The minimum absolute atomic E-state index is 0.0103. The fraction of sp³-hybridized carbons (Fsp3) is 0.231. The van der Waals surface area contributed by atoms with E-state index in [1.807, 2.05) is 0 Å². The molecule has 19 heavy (non-hydrogen) atoms. The van der Waals surface area contributed by atoms with Gasteiger partial charge in [0, 0.05) is 5.02 Å². The zero-order valence-electron chi connectivity index (χ0n) is 10.2. The lowest BCUT2D eigenvalue weighted by Gasteiger charge is -2.04. The number of aliphatic hydroxyl groups is 1. The van der Waals surface area contributed by atoms with Gasteiger partial charge < -0.3 is 9.84 Å². The highest BCUT2D eigenvalue weighted by atomic mass is 35.5. The van der Waals surface area contributed by atoms with Crippen molar-refractivity contribution in [3.63, 3.8) is 0 Å². The van der Waals surface area contributed by atoms with E-state index in [1.54, 1.807) is 31.2 Å². The molecule has 0 fully saturated rings. The number of rotatable bonds is 3. The number of esters is 1. The second-order valence-corrected chi connectivity index (χ2v) is 5.12. The molecule has 0 saturated heterocycles. The Morgan fingerprint density at radius 3 is 2.79 bits per heavy atom. The summed E-state index contributed by atoms with van der Waals surface area (Å²) in [7, 11) is 0. The summed E-state index contributed by atoms with van der Waals surface area (Å²) in [6.45, 7) is 1.97. The standard InChI is InChI=1S/C13H12ClNO3S/c1-2-18-13(17)11-10(16)7-19-12(11)15-9-5-3-8(14)4-6-9/h3-6,16H,2,7H2,1H3. The first-order valence-electron chi connectivity index (χ1n) is 5.68. The van der Waals surface area contributed by atoms with Gasteiger partial charge in [0.2, 0.25) is 0 Å². The first-order chi connectivity index (χ1) is 9.11. The van der Waals surface area contributed by atoms with Crippen LogP contribution >= 0.6 is 23.4 Å². The van der Waals surface area contributed by atoms with E-state index in [1.165, 1.54) is 11.8 Å². The third kappa shape index (κ3) is 3.30. The van der Waals surface area contributed by atoms with E-state index in [9.17, 15) is 9.90 Å². The summed E-state index contributed by atoms with van der Waals surface area (Å²) in [5.74, 6) is -0.200. The third-order valence-corrected chi connectivity index (χ3v) is 3.62. The SMILES string of the molecule is CCOC(=O)C1=C(O)CSC1=Nc1ccc(Cl)cc1. The lowest BCUT2D eigenvalue weighted by Crippen LogP contribution is -2.12. The second-order valence-electron chi connectivity index (χ2n) is 3.72. The highest BCUT2D eigenvalue weighted by molar-refractivity contribution is 8.15. The van der Waals surface area contributed by atoms with Crippen molar-refractivity contribution in [3.05, 3.63) is 40.6 Å². The Hall–Kier alpha value is -1.46. The van der Waals surface area contributed by atoms with Crippen LogP contribution in [-0.4, -0.2) is 28.5 Å². The maximum atomic E-state index is 11.8. The average molecular weight is 298 g/mol. The quantitative estimate of drug-likeness (QED) is 0.868. The monoisotopic (exact) mass is 297 g/mol. The largest absolute Gasteiger partial charge is 0.510 e. The molecule has 0 radical (unpaired) electrons. The molecule has 1 aliphatic heterocycles. The number of ether oxygens (including phenoxy) is 1. The van der Waals surface area contributed by atoms with Crippen molar-refractivity contribution in [1.29, 1.82) is 0 Å². The van der Waals surface area contributed by atoms with Gasteiger partial charge in [-0.15, -0.1) is 0 Å². The summed E-state index contributed by atoms with van der Waals surface area (Å²) in [6, 6.07) is 6.92. The van der Waals surface area contributed by atoms with Crippen molar-refractivity contribution < 1.29 is 14.6 Å². The van der Waals surface area contributed by atoms with E-state index in [-0.39, 0.29) is 17.9 Å². The Labute approximate surface area is 120 Å². The fourth-order valence-corrected chi connectivity index (χ4v) is 2.59. The first kappa shape index (κ1) is 14.0. The van der Waals surface area contributed by atoms with Crippen LogP contribution in [0.4, 0.5) is 5.69 Å². The predicted molar refractivity (Wildman–Crippen MR) is 77.3 cm³/mol. The highest BCUT2D eigenvalue weighted by Crippen LogP contribution is 2.30. The lowest BCUT2D eigenvalue weighted by molar-refractivity contribution is -0.138. The molecule has 1 aromatic rings. The Balaban J connectivity index is 2.29. The van der Waals surface area contributed by atoms with Crippen LogP contribution < -0.4 is 0 Å². The van der Waals surface area contributed by atoms with E-state index < -0.39 is 5.97 Å². The molecule has 0 aliphatic carbocycles. The normalized spacial score (nSPS) is 17.1. The van der Waals surface area contributed by atoms with Gasteiger partial charge in [-0.3, -0.25) is 0 Å². The van der Waals surface area contributed by atoms with Crippen LogP contribution in [0.2, 0.25) is 5.02 Å². The van der Waals surface area contributed by atoms with Crippen LogP contribution in [0.1, 0.15) is 6.92 Å². The van der Waals surface area contributed by atoms with Crippen molar-refractivity contribution >= 4 is 40.1 Å². The van der Waals surface area contributed by atoms with Crippen molar-refractivity contribution in [1.82, 2.24) is 0 Å². The van der Waals surface area contributed by atoms with Gasteiger partial charge >= 0.3 is 5.97 Å². The van der Waals surface area contributed by atoms with Crippen LogP contribution in [0, 0.1) is 0 Å². The molecule has 0 amide bonds. The van der Waals surface area contributed by atoms with Crippen molar-refractivity contribution in [2.75, 3.05) is 12.4 Å². The maximum absolute atomic E-state index is 11.8. The summed E-state index contributed by atoms with van der Waals surface area (Å²) in [6.07, 6.45) is 0. The van der Waals surface area contributed by atoms with Gasteiger partial charge in [0.05, 0.1) is 18.0 Å². The molecule has 1 N–H and O–H groups in total. The highest BCUT2D eigenvalue weighted by Gasteiger charge is 2.29. The zero-order chi connectivity index (χ0) is 13.8. The van der Waals surface area contributed by atoms with Crippen LogP contribution in [-0.2, 0) is 9.53 Å². The average Bonchev–Trinajstić information content (AvgIpc) is 2.74. The number of thioether (sulfide) groups is 1. The van der Waals surface area contributed by atoms with Crippen LogP contribution in [0.25, 0.3) is 0 Å². The zero-order valence-corrected chi connectivity index (χ0v) is 11.8. The van der Waals surface area contributed by atoms with Crippen LogP contribution in [0.3, 0.4) is 0 Å². The molecule has 0 unspecified atom stereocenters. The molecule has 1 aliphatic rings. The summed E-state index contributed by atoms with van der Waals surface area (Å²) >= 11 is 7.10. The van der Waals surface area contributed by atoms with Crippen LogP contribution in [0.15, 0.2) is 40.6 Å². The summed E-state index contributed by atoms with van der Waals surface area (Å²) in [4.78, 5) is 16.1. The summed E-state index contributed by atoms with van der Waals surface area (Å²) in [5.41, 5.74) is 0.824. The number of halogens is 1. The fourth-order valence-electron chi connectivity index (χ4n) is 1.53. The molecule has 0 aromatic heterocycles. The Bertz CT molecular complexity index is 552. The number of aliphatic hydroxyl groups excluding tert-OH is 1. The molecule has 6 heteroatoms. The molecular formula is C13H12ClNO3S. The number of benzene rings is 1. The van der Waals surface area contributed by atoms with E-state index in [2.05, 4.69) is 4.99 Å². The van der Waals surface area contributed by atoms with E-state index in [0.29, 0.717) is 21.5 Å². The molecule has 100 valence electrons. The number of hydrogen-bond acceptors (Lipinski definition) is 5. The van der Waals surface area contributed by atoms with Gasteiger partial charge in [0.1, 0.15) is 16.4 Å². The second kappa shape index (κ2) is 6.12. The van der Waals surface area contributed by atoms with E-state index in [0.717, 1.165) is 0 Å². The molecule has 0 saturated carbocycles. The Morgan fingerprint density at radius 1 is 1.47 bits per heavy atom. The number of hydrogen-bond donors (Lipinski definition) is 1.